The van der Waals surface area contributed by atoms with E-state index in [1.165, 1.54) is 12.8 Å². The molecule has 0 unspecified atom stereocenters. The van der Waals surface area contributed by atoms with Crippen LogP contribution in [0.25, 0.3) is 0 Å². The molecule has 1 N–H and O–H groups in total. The average molecular weight is 219 g/mol. The van der Waals surface area contributed by atoms with E-state index in [-0.39, 0.29) is 11.9 Å². The minimum Gasteiger partial charge on any atom is -0.497 e. The Morgan fingerprint density at radius 1 is 1.38 bits per heavy atom. The van der Waals surface area contributed by atoms with Crippen LogP contribution in [0, 0.1) is 5.92 Å². The Morgan fingerprint density at radius 2 is 2.00 bits per heavy atom. The highest BCUT2D eigenvalue weighted by atomic mass is 16.5. The molecule has 1 fully saturated rings. The van der Waals surface area contributed by atoms with E-state index in [4.69, 9.17) is 4.74 Å². The van der Waals surface area contributed by atoms with Gasteiger partial charge in [-0.05, 0) is 49.9 Å². The van der Waals surface area contributed by atoms with E-state index in [1.807, 2.05) is 0 Å². The second-order valence-electron chi connectivity index (χ2n) is 4.33. The molecule has 3 heteroatoms. The summed E-state index contributed by atoms with van der Waals surface area (Å²) in [6.07, 6.45) is 2.48. The largest absolute Gasteiger partial charge is 0.497 e. The fourth-order valence-corrected chi connectivity index (χ4v) is 1.75. The van der Waals surface area contributed by atoms with Crippen LogP contribution in [0.5, 0.6) is 5.75 Å². The Kier molecular flexibility index (Phi) is 3.13. The number of amides is 1. The van der Waals surface area contributed by atoms with Crippen LogP contribution in [0.3, 0.4) is 0 Å². The molecule has 1 amide bonds. The molecule has 16 heavy (non-hydrogen) atoms. The lowest BCUT2D eigenvalue weighted by Crippen LogP contribution is -2.33. The Morgan fingerprint density at radius 3 is 2.50 bits per heavy atom. The van der Waals surface area contributed by atoms with Gasteiger partial charge < -0.3 is 10.1 Å². The van der Waals surface area contributed by atoms with Crippen LogP contribution < -0.4 is 10.1 Å². The normalized spacial score (nSPS) is 16.6. The van der Waals surface area contributed by atoms with Gasteiger partial charge in [0.25, 0.3) is 5.91 Å². The van der Waals surface area contributed by atoms with E-state index in [0.717, 1.165) is 5.75 Å². The molecule has 1 atom stereocenters. The van der Waals surface area contributed by atoms with Crippen LogP contribution >= 0.6 is 0 Å². The molecule has 0 spiro atoms. The molecule has 86 valence electrons. The SMILES string of the molecule is COc1ccc(C(=O)N[C@@H](C)C2CC2)cc1. The molecule has 1 aromatic carbocycles. The van der Waals surface area contributed by atoms with E-state index >= 15 is 0 Å². The summed E-state index contributed by atoms with van der Waals surface area (Å²) in [6, 6.07) is 7.46. The van der Waals surface area contributed by atoms with Gasteiger partial charge in [0.15, 0.2) is 0 Å². The Balaban J connectivity index is 1.96. The summed E-state index contributed by atoms with van der Waals surface area (Å²) in [6.45, 7) is 2.07. The molecule has 0 heterocycles. The summed E-state index contributed by atoms with van der Waals surface area (Å²) in [5, 5.41) is 3.02. The molecule has 1 saturated carbocycles. The standard InChI is InChI=1S/C13H17NO2/c1-9(10-3-4-10)14-13(15)11-5-7-12(16-2)8-6-11/h5-10H,3-4H2,1-2H3,(H,14,15)/t9-/m0/s1. The first-order chi connectivity index (χ1) is 7.70. The van der Waals surface area contributed by atoms with Crippen molar-refractivity contribution < 1.29 is 9.53 Å². The zero-order valence-electron chi connectivity index (χ0n) is 9.69. The van der Waals surface area contributed by atoms with Crippen molar-refractivity contribution in [2.24, 2.45) is 5.92 Å². The maximum absolute atomic E-state index is 11.8. The average Bonchev–Trinajstić information content (AvgIpc) is 3.13. The van der Waals surface area contributed by atoms with Gasteiger partial charge in [-0.25, -0.2) is 0 Å². The van der Waals surface area contributed by atoms with E-state index in [0.29, 0.717) is 11.5 Å². The van der Waals surface area contributed by atoms with Gasteiger partial charge in [-0.1, -0.05) is 0 Å². The zero-order chi connectivity index (χ0) is 11.5. The Bertz CT molecular complexity index is 368. The van der Waals surface area contributed by atoms with E-state index < -0.39 is 0 Å². The van der Waals surface area contributed by atoms with Gasteiger partial charge in [-0.15, -0.1) is 0 Å². The highest BCUT2D eigenvalue weighted by molar-refractivity contribution is 5.94. The summed E-state index contributed by atoms with van der Waals surface area (Å²) in [7, 11) is 1.62. The molecule has 3 nitrogen and oxygen atoms in total. The van der Waals surface area contributed by atoms with Crippen molar-refractivity contribution in [2.75, 3.05) is 7.11 Å². The van der Waals surface area contributed by atoms with Crippen molar-refractivity contribution in [3.8, 4) is 5.75 Å². The third-order valence-corrected chi connectivity index (χ3v) is 3.04. The van der Waals surface area contributed by atoms with Gasteiger partial charge >= 0.3 is 0 Å². The predicted molar refractivity (Wildman–Crippen MR) is 62.6 cm³/mol. The number of rotatable bonds is 4. The summed E-state index contributed by atoms with van der Waals surface area (Å²) in [4.78, 5) is 11.8. The lowest BCUT2D eigenvalue weighted by molar-refractivity contribution is 0.0936. The van der Waals surface area contributed by atoms with Gasteiger partial charge in [0, 0.05) is 11.6 Å². The molecular weight excluding hydrogens is 202 g/mol. The number of hydrogen-bond donors (Lipinski definition) is 1. The molecule has 1 aromatic rings. The molecule has 0 bridgehead atoms. The Hall–Kier alpha value is -1.51. The lowest BCUT2D eigenvalue weighted by atomic mass is 10.1. The second-order valence-corrected chi connectivity index (χ2v) is 4.33. The van der Waals surface area contributed by atoms with Crippen LogP contribution in [0.1, 0.15) is 30.1 Å². The number of hydrogen-bond acceptors (Lipinski definition) is 2. The van der Waals surface area contributed by atoms with E-state index in [1.54, 1.807) is 31.4 Å². The third-order valence-electron chi connectivity index (χ3n) is 3.04. The topological polar surface area (TPSA) is 38.3 Å². The summed E-state index contributed by atoms with van der Waals surface area (Å²) in [5.74, 6) is 1.45. The minimum atomic E-state index is 0.00190. The van der Waals surface area contributed by atoms with Gasteiger partial charge in [0.2, 0.25) is 0 Å². The zero-order valence-corrected chi connectivity index (χ0v) is 9.69. The first-order valence-electron chi connectivity index (χ1n) is 5.65. The highest BCUT2D eigenvalue weighted by Crippen LogP contribution is 2.32. The van der Waals surface area contributed by atoms with Crippen molar-refractivity contribution in [1.82, 2.24) is 5.32 Å². The van der Waals surface area contributed by atoms with Crippen molar-refractivity contribution >= 4 is 5.91 Å². The van der Waals surface area contributed by atoms with Crippen molar-refractivity contribution in [3.63, 3.8) is 0 Å². The van der Waals surface area contributed by atoms with Crippen LogP contribution in [-0.2, 0) is 0 Å². The maximum atomic E-state index is 11.8. The lowest BCUT2D eigenvalue weighted by Gasteiger charge is -2.12. The number of ether oxygens (including phenoxy) is 1. The van der Waals surface area contributed by atoms with Crippen LogP contribution in [0.4, 0.5) is 0 Å². The summed E-state index contributed by atoms with van der Waals surface area (Å²) < 4.78 is 5.05. The first-order valence-corrected chi connectivity index (χ1v) is 5.65. The number of carbonyl (C=O) groups is 1. The van der Waals surface area contributed by atoms with Gasteiger partial charge in [0.05, 0.1) is 7.11 Å². The molecule has 1 aliphatic rings. The molecule has 1 aliphatic carbocycles. The molecule has 0 radical (unpaired) electrons. The van der Waals surface area contributed by atoms with Gasteiger partial charge in [-0.3, -0.25) is 4.79 Å². The number of carbonyl (C=O) groups excluding carboxylic acids is 1. The maximum Gasteiger partial charge on any atom is 0.251 e. The quantitative estimate of drug-likeness (QED) is 0.843. The van der Waals surface area contributed by atoms with Crippen molar-refractivity contribution in [1.29, 1.82) is 0 Å². The number of methoxy groups -OCH3 is 1. The monoisotopic (exact) mass is 219 g/mol. The van der Waals surface area contributed by atoms with E-state index in [2.05, 4.69) is 12.2 Å². The van der Waals surface area contributed by atoms with Crippen molar-refractivity contribution in [2.45, 2.75) is 25.8 Å². The minimum absolute atomic E-state index is 0.00190. The van der Waals surface area contributed by atoms with E-state index in [9.17, 15) is 4.79 Å². The predicted octanol–water partition coefficient (Wildman–Crippen LogP) is 2.22. The first kappa shape index (κ1) is 11.0. The van der Waals surface area contributed by atoms with Crippen molar-refractivity contribution in [3.05, 3.63) is 29.8 Å². The molecule has 0 aliphatic heterocycles. The highest BCUT2D eigenvalue weighted by Gasteiger charge is 2.28. The smallest absolute Gasteiger partial charge is 0.251 e. The fourth-order valence-electron chi connectivity index (χ4n) is 1.75. The van der Waals surface area contributed by atoms with Crippen LogP contribution in [0.15, 0.2) is 24.3 Å². The summed E-state index contributed by atoms with van der Waals surface area (Å²) in [5.41, 5.74) is 0.688. The van der Waals surface area contributed by atoms with Crippen LogP contribution in [-0.4, -0.2) is 19.1 Å². The molecular formula is C13H17NO2. The van der Waals surface area contributed by atoms with Gasteiger partial charge in [-0.2, -0.15) is 0 Å². The fraction of sp³-hybridized carbons (Fsp3) is 0.462. The molecule has 0 aromatic heterocycles. The second kappa shape index (κ2) is 4.56. The van der Waals surface area contributed by atoms with Crippen LogP contribution in [0.2, 0.25) is 0 Å². The number of nitrogens with one attached hydrogen (secondary N) is 1. The summed E-state index contributed by atoms with van der Waals surface area (Å²) >= 11 is 0. The molecule has 0 saturated heterocycles. The number of benzene rings is 1. The van der Waals surface area contributed by atoms with Gasteiger partial charge in [0.1, 0.15) is 5.75 Å². The Labute approximate surface area is 95.8 Å². The molecule has 2 rings (SSSR count). The third kappa shape index (κ3) is 2.54.